The van der Waals surface area contributed by atoms with Gasteiger partial charge in [-0.25, -0.2) is 0 Å². The molecule has 4 heteroatoms. The smallest absolute Gasteiger partial charge is 0.305 e. The Morgan fingerprint density at radius 1 is 1.44 bits per heavy atom. The van der Waals surface area contributed by atoms with Gasteiger partial charge in [0.15, 0.2) is 0 Å². The number of aliphatic carboxylic acids is 1. The Labute approximate surface area is 104 Å². The summed E-state index contributed by atoms with van der Waals surface area (Å²) in [5.41, 5.74) is 0.480. The van der Waals surface area contributed by atoms with Gasteiger partial charge in [0.1, 0.15) is 0 Å². The number of hydrogen-bond donors (Lipinski definition) is 1. The van der Waals surface area contributed by atoms with E-state index in [1.54, 1.807) is 0 Å². The number of hydrogen-bond acceptors (Lipinski definition) is 2. The maximum absolute atomic E-state index is 11.0. The molecule has 0 aliphatic rings. The highest BCUT2D eigenvalue weighted by atomic mass is 79.9. The standard InChI is InChI=1S/C12H16BrNO2/c1-12(14(2)3,8-11(15)16)9-6-4-5-7-10(9)13/h4-7H,8H2,1-3H3,(H,15,16). The Bertz CT molecular complexity index is 392. The highest BCUT2D eigenvalue weighted by molar-refractivity contribution is 9.10. The van der Waals surface area contributed by atoms with Crippen LogP contribution in [0, 0.1) is 0 Å². The Morgan fingerprint density at radius 3 is 2.44 bits per heavy atom. The monoisotopic (exact) mass is 285 g/mol. The summed E-state index contributed by atoms with van der Waals surface area (Å²) in [5, 5.41) is 9.01. The van der Waals surface area contributed by atoms with Crippen molar-refractivity contribution in [1.82, 2.24) is 4.90 Å². The third kappa shape index (κ3) is 2.62. The van der Waals surface area contributed by atoms with Crippen molar-refractivity contribution in [2.75, 3.05) is 14.1 Å². The fourth-order valence-electron chi connectivity index (χ4n) is 1.69. The quantitative estimate of drug-likeness (QED) is 0.925. The molecule has 0 aliphatic heterocycles. The van der Waals surface area contributed by atoms with E-state index >= 15 is 0 Å². The molecule has 1 aromatic rings. The van der Waals surface area contributed by atoms with Crippen molar-refractivity contribution in [3.8, 4) is 0 Å². The summed E-state index contributed by atoms with van der Waals surface area (Å²) >= 11 is 3.47. The van der Waals surface area contributed by atoms with Gasteiger partial charge in [-0.2, -0.15) is 0 Å². The van der Waals surface area contributed by atoms with E-state index in [0.29, 0.717) is 0 Å². The molecule has 88 valence electrons. The van der Waals surface area contributed by atoms with Crippen LogP contribution in [-0.2, 0) is 10.3 Å². The SMILES string of the molecule is CN(C)C(C)(CC(=O)O)c1ccccc1Br. The molecule has 0 saturated carbocycles. The molecule has 0 amide bonds. The summed E-state index contributed by atoms with van der Waals surface area (Å²) in [6.45, 7) is 1.93. The molecule has 0 bridgehead atoms. The highest BCUT2D eigenvalue weighted by Gasteiger charge is 2.33. The molecular formula is C12H16BrNO2. The first-order valence-electron chi connectivity index (χ1n) is 5.02. The van der Waals surface area contributed by atoms with E-state index in [9.17, 15) is 4.79 Å². The third-order valence-electron chi connectivity index (χ3n) is 2.94. The highest BCUT2D eigenvalue weighted by Crippen LogP contribution is 2.34. The largest absolute Gasteiger partial charge is 0.481 e. The number of carbonyl (C=O) groups is 1. The number of halogens is 1. The zero-order chi connectivity index (χ0) is 12.3. The minimum Gasteiger partial charge on any atom is -0.481 e. The number of benzene rings is 1. The summed E-state index contributed by atoms with van der Waals surface area (Å²) in [6, 6.07) is 7.72. The molecular weight excluding hydrogens is 270 g/mol. The van der Waals surface area contributed by atoms with E-state index < -0.39 is 11.5 Å². The lowest BCUT2D eigenvalue weighted by Crippen LogP contribution is -2.40. The van der Waals surface area contributed by atoms with Crippen molar-refractivity contribution >= 4 is 21.9 Å². The lowest BCUT2D eigenvalue weighted by molar-refractivity contribution is -0.140. The van der Waals surface area contributed by atoms with E-state index in [1.807, 2.05) is 50.2 Å². The minimum atomic E-state index is -0.799. The maximum atomic E-state index is 11.0. The van der Waals surface area contributed by atoms with E-state index in [1.165, 1.54) is 0 Å². The molecule has 1 N–H and O–H groups in total. The second-order valence-electron chi connectivity index (χ2n) is 4.22. The molecule has 0 radical (unpaired) electrons. The van der Waals surface area contributed by atoms with Crippen molar-refractivity contribution in [2.45, 2.75) is 18.9 Å². The van der Waals surface area contributed by atoms with E-state index in [-0.39, 0.29) is 6.42 Å². The van der Waals surface area contributed by atoms with Crippen LogP contribution in [0.1, 0.15) is 18.9 Å². The Kier molecular flexibility index (Phi) is 4.10. The first-order chi connectivity index (χ1) is 7.38. The average Bonchev–Trinajstić information content (AvgIpc) is 2.16. The predicted molar refractivity (Wildman–Crippen MR) is 67.4 cm³/mol. The fourth-order valence-corrected chi connectivity index (χ4v) is 2.40. The van der Waals surface area contributed by atoms with Crippen LogP contribution in [-0.4, -0.2) is 30.1 Å². The van der Waals surface area contributed by atoms with Crippen molar-refractivity contribution < 1.29 is 9.90 Å². The molecule has 3 nitrogen and oxygen atoms in total. The van der Waals surface area contributed by atoms with Crippen molar-refractivity contribution in [3.63, 3.8) is 0 Å². The number of carboxylic acid groups (broad SMARTS) is 1. The molecule has 1 atom stereocenters. The lowest BCUT2D eigenvalue weighted by atomic mass is 9.87. The van der Waals surface area contributed by atoms with Gasteiger partial charge in [-0.3, -0.25) is 9.69 Å². The van der Waals surface area contributed by atoms with Crippen LogP contribution in [0.3, 0.4) is 0 Å². The van der Waals surface area contributed by atoms with Crippen molar-refractivity contribution in [1.29, 1.82) is 0 Å². The topological polar surface area (TPSA) is 40.5 Å². The average molecular weight is 286 g/mol. The fraction of sp³-hybridized carbons (Fsp3) is 0.417. The number of rotatable bonds is 4. The zero-order valence-electron chi connectivity index (χ0n) is 9.70. The van der Waals surface area contributed by atoms with Crippen LogP contribution in [0.15, 0.2) is 28.7 Å². The van der Waals surface area contributed by atoms with Crippen LogP contribution >= 0.6 is 15.9 Å². The normalized spacial score (nSPS) is 14.8. The second-order valence-corrected chi connectivity index (χ2v) is 5.07. The van der Waals surface area contributed by atoms with Gasteiger partial charge in [0.25, 0.3) is 0 Å². The van der Waals surface area contributed by atoms with Crippen LogP contribution in [0.2, 0.25) is 0 Å². The summed E-state index contributed by atoms with van der Waals surface area (Å²) < 4.78 is 0.937. The maximum Gasteiger partial charge on any atom is 0.305 e. The number of nitrogens with zero attached hydrogens (tertiary/aromatic N) is 1. The van der Waals surface area contributed by atoms with E-state index in [0.717, 1.165) is 10.0 Å². The van der Waals surface area contributed by atoms with Gasteiger partial charge in [0.2, 0.25) is 0 Å². The van der Waals surface area contributed by atoms with E-state index in [2.05, 4.69) is 15.9 Å². The van der Waals surface area contributed by atoms with Gasteiger partial charge in [0.05, 0.1) is 12.0 Å². The van der Waals surface area contributed by atoms with Crippen molar-refractivity contribution in [2.24, 2.45) is 0 Å². The van der Waals surface area contributed by atoms with Gasteiger partial charge < -0.3 is 5.11 Å². The summed E-state index contributed by atoms with van der Waals surface area (Å²) in [6.07, 6.45) is 0.0720. The Hall–Kier alpha value is -0.870. The molecule has 0 fully saturated rings. The molecule has 0 heterocycles. The van der Waals surface area contributed by atoms with Crippen LogP contribution in [0.5, 0.6) is 0 Å². The van der Waals surface area contributed by atoms with Gasteiger partial charge >= 0.3 is 5.97 Å². The number of carboxylic acids is 1. The first-order valence-corrected chi connectivity index (χ1v) is 5.81. The molecule has 0 aliphatic carbocycles. The predicted octanol–water partition coefficient (Wildman–Crippen LogP) is 2.70. The first kappa shape index (κ1) is 13.2. The Morgan fingerprint density at radius 2 is 2.00 bits per heavy atom. The molecule has 1 unspecified atom stereocenters. The summed E-state index contributed by atoms with van der Waals surface area (Å²) in [7, 11) is 3.78. The lowest BCUT2D eigenvalue weighted by Gasteiger charge is -2.36. The molecule has 0 spiro atoms. The third-order valence-corrected chi connectivity index (χ3v) is 3.63. The second kappa shape index (κ2) is 4.97. The molecule has 16 heavy (non-hydrogen) atoms. The molecule has 1 rings (SSSR count). The van der Waals surface area contributed by atoms with Crippen LogP contribution < -0.4 is 0 Å². The van der Waals surface area contributed by atoms with E-state index in [4.69, 9.17) is 5.11 Å². The Balaban J connectivity index is 3.21. The summed E-state index contributed by atoms with van der Waals surface area (Å²) in [5.74, 6) is -0.799. The minimum absolute atomic E-state index is 0.0720. The van der Waals surface area contributed by atoms with Gasteiger partial charge in [0, 0.05) is 4.47 Å². The van der Waals surface area contributed by atoms with Crippen LogP contribution in [0.4, 0.5) is 0 Å². The van der Waals surface area contributed by atoms with Crippen LogP contribution in [0.25, 0.3) is 0 Å². The molecule has 1 aromatic carbocycles. The van der Waals surface area contributed by atoms with Gasteiger partial charge in [-0.1, -0.05) is 34.1 Å². The summed E-state index contributed by atoms with van der Waals surface area (Å²) in [4.78, 5) is 12.9. The van der Waals surface area contributed by atoms with Gasteiger partial charge in [-0.15, -0.1) is 0 Å². The van der Waals surface area contributed by atoms with Gasteiger partial charge in [-0.05, 0) is 32.6 Å². The molecule has 0 saturated heterocycles. The zero-order valence-corrected chi connectivity index (χ0v) is 11.3. The van der Waals surface area contributed by atoms with Crippen molar-refractivity contribution in [3.05, 3.63) is 34.3 Å². The molecule has 0 aromatic heterocycles.